The maximum absolute atomic E-state index is 11.9. The molecule has 4 heteroatoms. The Hall–Kier alpha value is -0.610. The van der Waals surface area contributed by atoms with Crippen LogP contribution >= 0.6 is 0 Å². The highest BCUT2D eigenvalue weighted by atomic mass is 16.5. The van der Waals surface area contributed by atoms with Crippen molar-refractivity contribution in [1.29, 1.82) is 0 Å². The Labute approximate surface area is 78.0 Å². The van der Waals surface area contributed by atoms with Crippen LogP contribution in [0.2, 0.25) is 0 Å². The Morgan fingerprint density at radius 1 is 1.69 bits per heavy atom. The summed E-state index contributed by atoms with van der Waals surface area (Å²) in [4.78, 5) is 13.7. The van der Waals surface area contributed by atoms with Crippen LogP contribution in [-0.4, -0.2) is 43.2 Å². The number of hydrogen-bond acceptors (Lipinski definition) is 3. The van der Waals surface area contributed by atoms with E-state index in [1.807, 2.05) is 14.0 Å². The molecule has 2 saturated heterocycles. The first-order valence-corrected chi connectivity index (χ1v) is 4.70. The fraction of sp³-hybridized carbons (Fsp3) is 0.889. The first kappa shape index (κ1) is 8.97. The monoisotopic (exact) mass is 184 g/mol. The zero-order valence-electron chi connectivity index (χ0n) is 8.12. The lowest BCUT2D eigenvalue weighted by atomic mass is 9.80. The minimum absolute atomic E-state index is 0.0764. The summed E-state index contributed by atoms with van der Waals surface area (Å²) in [5.74, 6) is 0.157. The number of nitrogens with zero attached hydrogens (tertiary/aromatic N) is 1. The van der Waals surface area contributed by atoms with Gasteiger partial charge in [0.25, 0.3) is 0 Å². The van der Waals surface area contributed by atoms with Crippen LogP contribution in [0.3, 0.4) is 0 Å². The molecule has 2 heterocycles. The van der Waals surface area contributed by atoms with E-state index >= 15 is 0 Å². The highest BCUT2D eigenvalue weighted by Crippen LogP contribution is 2.40. The number of likely N-dealkylation sites (N-methyl/N-ethyl adjacent to an activating group) is 1. The third-order valence-corrected chi connectivity index (χ3v) is 3.57. The molecule has 2 aliphatic heterocycles. The van der Waals surface area contributed by atoms with Crippen molar-refractivity contribution >= 4 is 5.91 Å². The van der Waals surface area contributed by atoms with Gasteiger partial charge in [0.05, 0.1) is 12.0 Å². The van der Waals surface area contributed by atoms with E-state index in [-0.39, 0.29) is 18.0 Å². The van der Waals surface area contributed by atoms with Gasteiger partial charge in [-0.3, -0.25) is 4.79 Å². The van der Waals surface area contributed by atoms with Crippen molar-refractivity contribution in [2.45, 2.75) is 25.4 Å². The number of carbonyl (C=O) groups excluding carboxylic acids is 1. The van der Waals surface area contributed by atoms with E-state index in [4.69, 9.17) is 10.5 Å². The maximum Gasteiger partial charge on any atom is 0.232 e. The molecule has 0 aromatic rings. The van der Waals surface area contributed by atoms with Gasteiger partial charge >= 0.3 is 0 Å². The summed E-state index contributed by atoms with van der Waals surface area (Å²) in [7, 11) is 1.82. The van der Waals surface area contributed by atoms with Crippen molar-refractivity contribution in [1.82, 2.24) is 4.90 Å². The summed E-state index contributed by atoms with van der Waals surface area (Å²) in [5, 5.41) is 0. The summed E-state index contributed by atoms with van der Waals surface area (Å²) in [6, 6.07) is 0.0571. The van der Waals surface area contributed by atoms with Crippen LogP contribution in [-0.2, 0) is 9.53 Å². The highest BCUT2D eigenvalue weighted by molar-refractivity contribution is 5.87. The molecule has 2 N–H and O–H groups in total. The Morgan fingerprint density at radius 3 is 2.77 bits per heavy atom. The average Bonchev–Trinajstić information content (AvgIpc) is 2.67. The Kier molecular flexibility index (Phi) is 1.85. The standard InChI is InChI=1S/C9H16N2O2/c1-6-7(10)9(3-4-13-5-9)8(12)11(6)2/h6-7H,3-5,10H2,1-2H3. The van der Waals surface area contributed by atoms with Crippen LogP contribution in [0.25, 0.3) is 0 Å². The largest absolute Gasteiger partial charge is 0.380 e. The second-order valence-electron chi connectivity index (χ2n) is 4.14. The molecule has 0 aliphatic carbocycles. The Balaban J connectivity index is 2.33. The number of likely N-dealkylation sites (tertiary alicyclic amines) is 1. The number of nitrogens with two attached hydrogens (primary N) is 1. The summed E-state index contributed by atoms with van der Waals surface area (Å²) in [5.41, 5.74) is 5.65. The number of rotatable bonds is 0. The molecule has 1 amide bonds. The van der Waals surface area contributed by atoms with Crippen LogP contribution in [0.4, 0.5) is 0 Å². The van der Waals surface area contributed by atoms with Crippen LogP contribution in [0.5, 0.6) is 0 Å². The van der Waals surface area contributed by atoms with E-state index in [9.17, 15) is 4.79 Å². The zero-order valence-corrected chi connectivity index (χ0v) is 8.12. The van der Waals surface area contributed by atoms with Crippen LogP contribution < -0.4 is 5.73 Å². The summed E-state index contributed by atoms with van der Waals surface area (Å²) in [6.45, 7) is 3.16. The molecule has 74 valence electrons. The lowest BCUT2D eigenvalue weighted by Crippen LogP contribution is -2.45. The molecule has 0 aromatic carbocycles. The fourth-order valence-corrected chi connectivity index (χ4v) is 2.39. The SMILES string of the molecule is CC1C(N)C2(CCOC2)C(=O)N1C. The van der Waals surface area contributed by atoms with Gasteiger partial charge in [0, 0.05) is 25.7 Å². The predicted octanol–water partition coefficient (Wildman–Crippen LogP) is -0.419. The molecule has 4 nitrogen and oxygen atoms in total. The zero-order chi connectivity index (χ0) is 9.64. The number of ether oxygens (including phenoxy) is 1. The first-order valence-electron chi connectivity index (χ1n) is 4.70. The van der Waals surface area contributed by atoms with Gasteiger partial charge in [0.15, 0.2) is 0 Å². The molecular weight excluding hydrogens is 168 g/mol. The van der Waals surface area contributed by atoms with Crippen LogP contribution in [0.15, 0.2) is 0 Å². The van der Waals surface area contributed by atoms with E-state index in [2.05, 4.69) is 0 Å². The van der Waals surface area contributed by atoms with Crippen molar-refractivity contribution in [3.63, 3.8) is 0 Å². The van der Waals surface area contributed by atoms with Gasteiger partial charge in [-0.1, -0.05) is 0 Å². The summed E-state index contributed by atoms with van der Waals surface area (Å²) < 4.78 is 5.29. The lowest BCUT2D eigenvalue weighted by molar-refractivity contribution is -0.135. The minimum atomic E-state index is -0.409. The van der Waals surface area contributed by atoms with Gasteiger partial charge < -0.3 is 15.4 Å². The molecule has 0 saturated carbocycles. The van der Waals surface area contributed by atoms with E-state index in [0.29, 0.717) is 13.2 Å². The van der Waals surface area contributed by atoms with Gasteiger partial charge in [0.1, 0.15) is 0 Å². The second kappa shape index (κ2) is 2.69. The average molecular weight is 184 g/mol. The number of carbonyl (C=O) groups is 1. The quantitative estimate of drug-likeness (QED) is 0.556. The van der Waals surface area contributed by atoms with Crippen LogP contribution in [0.1, 0.15) is 13.3 Å². The number of amides is 1. The molecule has 1 spiro atoms. The van der Waals surface area contributed by atoms with Gasteiger partial charge in [-0.2, -0.15) is 0 Å². The molecule has 0 aromatic heterocycles. The van der Waals surface area contributed by atoms with E-state index in [1.54, 1.807) is 4.90 Å². The first-order chi connectivity index (χ1) is 6.09. The van der Waals surface area contributed by atoms with Gasteiger partial charge in [-0.25, -0.2) is 0 Å². The lowest BCUT2D eigenvalue weighted by Gasteiger charge is -2.23. The minimum Gasteiger partial charge on any atom is -0.380 e. The van der Waals surface area contributed by atoms with Gasteiger partial charge in [-0.05, 0) is 13.3 Å². The van der Waals surface area contributed by atoms with E-state index in [0.717, 1.165) is 6.42 Å². The van der Waals surface area contributed by atoms with Crippen molar-refractivity contribution in [2.24, 2.45) is 11.1 Å². The molecule has 3 atom stereocenters. The second-order valence-corrected chi connectivity index (χ2v) is 4.14. The number of hydrogen-bond donors (Lipinski definition) is 1. The predicted molar refractivity (Wildman–Crippen MR) is 48.1 cm³/mol. The Bertz CT molecular complexity index is 236. The molecule has 3 unspecified atom stereocenters. The van der Waals surface area contributed by atoms with Gasteiger partial charge in [0.2, 0.25) is 5.91 Å². The van der Waals surface area contributed by atoms with Gasteiger partial charge in [-0.15, -0.1) is 0 Å². The normalized spacial score (nSPS) is 45.2. The highest BCUT2D eigenvalue weighted by Gasteiger charge is 2.56. The molecule has 0 radical (unpaired) electrons. The van der Waals surface area contributed by atoms with Crippen LogP contribution in [0, 0.1) is 5.41 Å². The molecule has 2 aliphatic rings. The molecule has 0 bridgehead atoms. The van der Waals surface area contributed by atoms with Crippen molar-refractivity contribution in [2.75, 3.05) is 20.3 Å². The summed E-state index contributed by atoms with van der Waals surface area (Å²) >= 11 is 0. The maximum atomic E-state index is 11.9. The molecule has 13 heavy (non-hydrogen) atoms. The molecule has 2 fully saturated rings. The van der Waals surface area contributed by atoms with E-state index in [1.165, 1.54) is 0 Å². The topological polar surface area (TPSA) is 55.6 Å². The third-order valence-electron chi connectivity index (χ3n) is 3.57. The molecular formula is C9H16N2O2. The van der Waals surface area contributed by atoms with Crippen molar-refractivity contribution in [3.8, 4) is 0 Å². The Morgan fingerprint density at radius 2 is 2.38 bits per heavy atom. The fourth-order valence-electron chi connectivity index (χ4n) is 2.39. The summed E-state index contributed by atoms with van der Waals surface area (Å²) in [6.07, 6.45) is 0.779. The third kappa shape index (κ3) is 0.957. The van der Waals surface area contributed by atoms with Crippen molar-refractivity contribution in [3.05, 3.63) is 0 Å². The smallest absolute Gasteiger partial charge is 0.232 e. The van der Waals surface area contributed by atoms with Crippen molar-refractivity contribution < 1.29 is 9.53 Å². The van der Waals surface area contributed by atoms with E-state index < -0.39 is 5.41 Å². The molecule has 2 rings (SSSR count).